The van der Waals surface area contributed by atoms with E-state index in [1.165, 1.54) is 0 Å². The van der Waals surface area contributed by atoms with E-state index in [0.717, 1.165) is 5.46 Å². The van der Waals surface area contributed by atoms with Crippen molar-refractivity contribution in [2.24, 2.45) is 7.05 Å². The Hall–Kier alpha value is -0.805. The summed E-state index contributed by atoms with van der Waals surface area (Å²) in [7, 11) is 1.63. The van der Waals surface area contributed by atoms with Crippen LogP contribution < -0.4 is 5.46 Å². The maximum atomic E-state index is 5.67. The van der Waals surface area contributed by atoms with Crippen LogP contribution in [0.5, 0.6) is 0 Å². The van der Waals surface area contributed by atoms with E-state index in [1.54, 1.807) is 10.9 Å². The Kier molecular flexibility index (Phi) is 1.93. The Balaban J connectivity index is 2.12. The molecule has 0 aromatic carbocycles. The largest absolute Gasteiger partial charge is 0.497 e. The number of nitrogens with zero attached hydrogens (tertiary/aromatic N) is 2. The molecule has 0 radical (unpaired) electrons. The van der Waals surface area contributed by atoms with Gasteiger partial charge in [-0.15, -0.1) is 0 Å². The molecular formula is C8H13BN2O2. The first-order valence-electron chi connectivity index (χ1n) is 4.35. The second-order valence-corrected chi connectivity index (χ2v) is 3.97. The molecule has 0 atom stereocenters. The third-order valence-electron chi connectivity index (χ3n) is 2.01. The molecule has 1 saturated heterocycles. The van der Waals surface area contributed by atoms with Gasteiger partial charge >= 0.3 is 7.12 Å². The Morgan fingerprint density at radius 1 is 1.62 bits per heavy atom. The monoisotopic (exact) mass is 180 g/mol. The minimum Gasteiger partial charge on any atom is -0.404 e. The van der Waals surface area contributed by atoms with E-state index in [-0.39, 0.29) is 12.7 Å². The third kappa shape index (κ3) is 1.76. The molecule has 5 heteroatoms. The Morgan fingerprint density at radius 3 is 2.85 bits per heavy atom. The lowest BCUT2D eigenvalue weighted by molar-refractivity contribution is 0.137. The van der Waals surface area contributed by atoms with Gasteiger partial charge in [-0.05, 0) is 13.8 Å². The van der Waals surface area contributed by atoms with Crippen LogP contribution in [0.1, 0.15) is 13.8 Å². The van der Waals surface area contributed by atoms with Crippen molar-refractivity contribution in [1.29, 1.82) is 0 Å². The zero-order chi connectivity index (χ0) is 9.47. The van der Waals surface area contributed by atoms with Crippen molar-refractivity contribution in [3.8, 4) is 0 Å². The summed E-state index contributed by atoms with van der Waals surface area (Å²) < 4.78 is 12.9. The van der Waals surface area contributed by atoms with Crippen LogP contribution in [0, 0.1) is 0 Å². The molecule has 13 heavy (non-hydrogen) atoms. The summed E-state index contributed by atoms with van der Waals surface area (Å²) >= 11 is 0. The first-order valence-corrected chi connectivity index (χ1v) is 4.35. The number of aryl methyl sites for hydroxylation is 1. The highest BCUT2D eigenvalue weighted by Gasteiger charge is 2.38. The predicted molar refractivity (Wildman–Crippen MR) is 49.7 cm³/mol. The van der Waals surface area contributed by atoms with Gasteiger partial charge in [-0.25, -0.2) is 0 Å². The fourth-order valence-corrected chi connectivity index (χ4v) is 1.36. The molecule has 0 amide bonds. The van der Waals surface area contributed by atoms with Gasteiger partial charge in [0.05, 0.1) is 12.2 Å². The number of hydrogen-bond donors (Lipinski definition) is 0. The van der Waals surface area contributed by atoms with Crippen LogP contribution in [-0.2, 0) is 16.4 Å². The smallest absolute Gasteiger partial charge is 0.404 e. The molecule has 1 aliphatic rings. The van der Waals surface area contributed by atoms with Crippen molar-refractivity contribution < 1.29 is 9.31 Å². The molecule has 2 rings (SSSR count). The fraction of sp³-hybridized carbons (Fsp3) is 0.625. The van der Waals surface area contributed by atoms with E-state index < -0.39 is 0 Å². The van der Waals surface area contributed by atoms with E-state index >= 15 is 0 Å². The lowest BCUT2D eigenvalue weighted by Crippen LogP contribution is -2.33. The highest BCUT2D eigenvalue weighted by atomic mass is 16.7. The molecule has 70 valence electrons. The van der Waals surface area contributed by atoms with Gasteiger partial charge in [0, 0.05) is 24.9 Å². The van der Waals surface area contributed by atoms with E-state index in [4.69, 9.17) is 9.31 Å². The lowest BCUT2D eigenvalue weighted by Gasteiger charge is -2.14. The average molecular weight is 180 g/mol. The van der Waals surface area contributed by atoms with Crippen molar-refractivity contribution in [2.75, 3.05) is 6.61 Å². The molecule has 1 aromatic heterocycles. The van der Waals surface area contributed by atoms with Gasteiger partial charge < -0.3 is 9.31 Å². The Bertz CT molecular complexity index is 311. The van der Waals surface area contributed by atoms with E-state index in [1.807, 2.05) is 27.1 Å². The van der Waals surface area contributed by atoms with Gasteiger partial charge in [-0.1, -0.05) is 0 Å². The zero-order valence-electron chi connectivity index (χ0n) is 8.15. The van der Waals surface area contributed by atoms with Crippen molar-refractivity contribution in [2.45, 2.75) is 19.4 Å². The maximum Gasteiger partial charge on any atom is 0.497 e. The van der Waals surface area contributed by atoms with Crippen LogP contribution in [0.2, 0.25) is 0 Å². The summed E-state index contributed by atoms with van der Waals surface area (Å²) in [5.41, 5.74) is 0.800. The molecular weight excluding hydrogens is 167 g/mol. The second-order valence-electron chi connectivity index (χ2n) is 3.97. The van der Waals surface area contributed by atoms with Crippen molar-refractivity contribution in [3.63, 3.8) is 0 Å². The van der Waals surface area contributed by atoms with E-state index in [0.29, 0.717) is 6.61 Å². The van der Waals surface area contributed by atoms with E-state index in [9.17, 15) is 0 Å². The first-order chi connectivity index (χ1) is 6.07. The predicted octanol–water partition coefficient (Wildman–Crippen LogP) is -0.0593. The first kappa shape index (κ1) is 8.78. The van der Waals surface area contributed by atoms with E-state index in [2.05, 4.69) is 5.10 Å². The van der Waals surface area contributed by atoms with Gasteiger partial charge in [-0.2, -0.15) is 5.10 Å². The minimum atomic E-state index is -0.247. The molecule has 0 spiro atoms. The second kappa shape index (κ2) is 2.85. The number of hydrogen-bond acceptors (Lipinski definition) is 3. The molecule has 0 bridgehead atoms. The van der Waals surface area contributed by atoms with Crippen LogP contribution in [0.15, 0.2) is 12.4 Å². The van der Waals surface area contributed by atoms with Gasteiger partial charge in [0.15, 0.2) is 0 Å². The molecule has 0 aliphatic carbocycles. The van der Waals surface area contributed by atoms with Gasteiger partial charge in [0.25, 0.3) is 0 Å². The van der Waals surface area contributed by atoms with Crippen LogP contribution >= 0.6 is 0 Å². The highest BCUT2D eigenvalue weighted by molar-refractivity contribution is 6.61. The van der Waals surface area contributed by atoms with Gasteiger partial charge in [0.1, 0.15) is 0 Å². The molecule has 2 heterocycles. The number of aromatic nitrogens is 2. The topological polar surface area (TPSA) is 36.3 Å². The minimum absolute atomic E-state index is 0.180. The lowest BCUT2D eigenvalue weighted by atomic mass is 9.82. The molecule has 1 aliphatic heterocycles. The van der Waals surface area contributed by atoms with Crippen LogP contribution in [-0.4, -0.2) is 29.1 Å². The molecule has 0 saturated carbocycles. The summed E-state index contributed by atoms with van der Waals surface area (Å²) in [6.07, 6.45) is 3.68. The van der Waals surface area contributed by atoms with Crippen LogP contribution in [0.3, 0.4) is 0 Å². The highest BCUT2D eigenvalue weighted by Crippen LogP contribution is 2.18. The van der Waals surface area contributed by atoms with Gasteiger partial charge in [0.2, 0.25) is 0 Å². The Morgan fingerprint density at radius 2 is 2.38 bits per heavy atom. The molecule has 1 aromatic rings. The standard InChI is InChI=1S/C8H13BN2O2/c1-8(2)6-12-9(13-8)7-4-10-11(3)5-7/h4-5H,6H2,1-3H3. The summed E-state index contributed by atoms with van der Waals surface area (Å²) in [6.45, 7) is 4.67. The van der Waals surface area contributed by atoms with Crippen LogP contribution in [0.25, 0.3) is 0 Å². The number of rotatable bonds is 1. The Labute approximate surface area is 78.0 Å². The molecule has 0 N–H and O–H groups in total. The molecule has 0 unspecified atom stereocenters. The van der Waals surface area contributed by atoms with Crippen molar-refractivity contribution in [1.82, 2.24) is 9.78 Å². The van der Waals surface area contributed by atoms with Crippen LogP contribution in [0.4, 0.5) is 0 Å². The molecule has 1 fully saturated rings. The van der Waals surface area contributed by atoms with Gasteiger partial charge in [-0.3, -0.25) is 4.68 Å². The maximum absolute atomic E-state index is 5.67. The van der Waals surface area contributed by atoms with Crippen molar-refractivity contribution >= 4 is 12.6 Å². The third-order valence-corrected chi connectivity index (χ3v) is 2.01. The van der Waals surface area contributed by atoms with Crippen molar-refractivity contribution in [3.05, 3.63) is 12.4 Å². The fourth-order valence-electron chi connectivity index (χ4n) is 1.36. The summed E-state index contributed by atoms with van der Waals surface area (Å²) in [5, 5.41) is 4.07. The quantitative estimate of drug-likeness (QED) is 0.568. The SMILES string of the molecule is Cn1cc(B2OCC(C)(C)O2)cn1. The molecule has 4 nitrogen and oxygen atoms in total. The summed E-state index contributed by atoms with van der Waals surface area (Å²) in [6, 6.07) is 0. The normalized spacial score (nSPS) is 21.0. The zero-order valence-corrected chi connectivity index (χ0v) is 8.15. The summed E-state index contributed by atoms with van der Waals surface area (Å²) in [5.74, 6) is 0. The summed E-state index contributed by atoms with van der Waals surface area (Å²) in [4.78, 5) is 0. The average Bonchev–Trinajstić information content (AvgIpc) is 2.56.